The lowest BCUT2D eigenvalue weighted by atomic mass is 10.2. The van der Waals surface area contributed by atoms with Crippen LogP contribution in [0, 0.1) is 6.92 Å². The summed E-state index contributed by atoms with van der Waals surface area (Å²) in [6.07, 6.45) is 1.57. The third kappa shape index (κ3) is 4.95. The summed E-state index contributed by atoms with van der Waals surface area (Å²) in [5.74, 6) is 1.43. The number of hydrazone groups is 1. The minimum absolute atomic E-state index is 0.278. The van der Waals surface area contributed by atoms with Gasteiger partial charge < -0.3 is 9.47 Å². The summed E-state index contributed by atoms with van der Waals surface area (Å²) >= 11 is 3.42. The van der Waals surface area contributed by atoms with Gasteiger partial charge >= 0.3 is 5.69 Å². The van der Waals surface area contributed by atoms with Gasteiger partial charge in [-0.05, 0) is 36.8 Å². The molecule has 0 saturated heterocycles. The van der Waals surface area contributed by atoms with Crippen molar-refractivity contribution in [3.63, 3.8) is 0 Å². The van der Waals surface area contributed by atoms with Crippen LogP contribution in [0.4, 0.5) is 5.82 Å². The first-order valence-corrected chi connectivity index (χ1v) is 9.13. The van der Waals surface area contributed by atoms with E-state index >= 15 is 0 Å². The Morgan fingerprint density at radius 3 is 2.79 bits per heavy atom. The summed E-state index contributed by atoms with van der Waals surface area (Å²) in [6, 6.07) is 13.4. The predicted molar refractivity (Wildman–Crippen MR) is 110 cm³/mol. The lowest BCUT2D eigenvalue weighted by molar-refractivity contribution is 0.284. The van der Waals surface area contributed by atoms with Crippen molar-refractivity contribution in [1.29, 1.82) is 0 Å². The van der Waals surface area contributed by atoms with Crippen LogP contribution >= 0.6 is 15.9 Å². The van der Waals surface area contributed by atoms with Crippen molar-refractivity contribution >= 4 is 28.0 Å². The normalized spacial score (nSPS) is 10.8. The van der Waals surface area contributed by atoms with Gasteiger partial charge in [-0.3, -0.25) is 5.43 Å². The summed E-state index contributed by atoms with van der Waals surface area (Å²) in [5, 5.41) is 10.2. The second-order valence-corrected chi connectivity index (χ2v) is 6.65. The molecule has 9 heteroatoms. The first-order valence-electron chi connectivity index (χ1n) is 8.33. The van der Waals surface area contributed by atoms with Crippen molar-refractivity contribution in [2.45, 2.75) is 13.5 Å². The van der Waals surface area contributed by atoms with Gasteiger partial charge in [0.05, 0.1) is 13.3 Å². The van der Waals surface area contributed by atoms with E-state index in [0.29, 0.717) is 29.4 Å². The Labute approximate surface area is 169 Å². The number of hydrogen-bond acceptors (Lipinski definition) is 7. The van der Waals surface area contributed by atoms with Crippen LogP contribution in [0.15, 0.2) is 56.8 Å². The fraction of sp³-hybridized carbons (Fsp3) is 0.158. The number of para-hydroxylation sites is 1. The maximum absolute atomic E-state index is 11.3. The van der Waals surface area contributed by atoms with E-state index in [1.54, 1.807) is 20.2 Å². The van der Waals surface area contributed by atoms with Crippen molar-refractivity contribution < 1.29 is 9.47 Å². The Morgan fingerprint density at radius 1 is 1.25 bits per heavy atom. The Balaban J connectivity index is 1.79. The maximum atomic E-state index is 11.3. The molecule has 0 aliphatic rings. The Kier molecular flexibility index (Phi) is 6.38. The molecule has 0 aliphatic carbocycles. The molecule has 2 aromatic carbocycles. The number of ether oxygens (including phenoxy) is 2. The third-order valence-electron chi connectivity index (χ3n) is 3.78. The number of aromatic nitrogens is 3. The van der Waals surface area contributed by atoms with Gasteiger partial charge in [-0.25, -0.2) is 9.89 Å². The summed E-state index contributed by atoms with van der Waals surface area (Å²) in [6.45, 7) is 2.08. The standard InChI is InChI=1S/C19H18BrN5O3/c1-12-18(22-19(26)25-23-12)24-21-10-14-4-3-5-16(27-2)17(14)28-11-13-6-8-15(20)9-7-13/h3-10H,11H2,1-2H3,(H2,22,24,25,26)/b21-10-. The van der Waals surface area contributed by atoms with Crippen molar-refractivity contribution in [1.82, 2.24) is 15.2 Å². The zero-order valence-electron chi connectivity index (χ0n) is 15.3. The summed E-state index contributed by atoms with van der Waals surface area (Å²) in [5.41, 5.74) is 4.42. The molecule has 0 aliphatic heterocycles. The van der Waals surface area contributed by atoms with Gasteiger partial charge in [0.1, 0.15) is 12.3 Å². The molecule has 0 unspecified atom stereocenters. The van der Waals surface area contributed by atoms with E-state index < -0.39 is 5.69 Å². The van der Waals surface area contributed by atoms with Gasteiger partial charge in [0, 0.05) is 10.0 Å². The van der Waals surface area contributed by atoms with Crippen LogP contribution in [-0.4, -0.2) is 28.5 Å². The molecule has 0 fully saturated rings. The number of benzene rings is 2. The number of rotatable bonds is 7. The molecule has 1 aromatic heterocycles. The molecule has 0 bridgehead atoms. The first kappa shape index (κ1) is 19.6. The predicted octanol–water partition coefficient (Wildman–Crippen LogP) is 3.27. The number of anilines is 1. The molecule has 0 spiro atoms. The number of aryl methyl sites for hydroxylation is 1. The van der Waals surface area contributed by atoms with Gasteiger partial charge in [-0.2, -0.15) is 15.2 Å². The van der Waals surface area contributed by atoms with Crippen LogP contribution < -0.4 is 20.6 Å². The summed E-state index contributed by atoms with van der Waals surface area (Å²) in [4.78, 5) is 15.1. The average molecular weight is 444 g/mol. The topological polar surface area (TPSA) is 101 Å². The number of nitrogens with one attached hydrogen (secondary N) is 2. The van der Waals surface area contributed by atoms with Gasteiger partial charge in [0.25, 0.3) is 0 Å². The molecule has 144 valence electrons. The molecule has 8 nitrogen and oxygen atoms in total. The summed E-state index contributed by atoms with van der Waals surface area (Å²) in [7, 11) is 1.58. The molecule has 0 amide bonds. The monoisotopic (exact) mass is 443 g/mol. The second kappa shape index (κ2) is 9.14. The first-order chi connectivity index (χ1) is 13.6. The highest BCUT2D eigenvalue weighted by Crippen LogP contribution is 2.31. The largest absolute Gasteiger partial charge is 0.493 e. The molecule has 0 atom stereocenters. The number of halogens is 1. The molecular formula is C19H18BrN5O3. The number of H-pyrrole nitrogens is 1. The number of aromatic amines is 1. The van der Waals surface area contributed by atoms with E-state index in [1.807, 2.05) is 42.5 Å². The smallest absolute Gasteiger partial charge is 0.363 e. The zero-order chi connectivity index (χ0) is 19.9. The summed E-state index contributed by atoms with van der Waals surface area (Å²) < 4.78 is 12.4. The molecular weight excluding hydrogens is 426 g/mol. The van der Waals surface area contributed by atoms with Crippen LogP contribution in [0.2, 0.25) is 0 Å². The number of methoxy groups -OCH3 is 1. The Bertz CT molecular complexity index is 1030. The van der Waals surface area contributed by atoms with Crippen LogP contribution in [0.1, 0.15) is 16.8 Å². The molecule has 1 heterocycles. The van der Waals surface area contributed by atoms with Crippen molar-refractivity contribution in [2.24, 2.45) is 5.10 Å². The second-order valence-electron chi connectivity index (χ2n) is 5.74. The lowest BCUT2D eigenvalue weighted by Crippen LogP contribution is -2.15. The molecule has 28 heavy (non-hydrogen) atoms. The van der Waals surface area contributed by atoms with Crippen molar-refractivity contribution in [2.75, 3.05) is 12.5 Å². The van der Waals surface area contributed by atoms with E-state index in [0.717, 1.165) is 10.0 Å². The van der Waals surface area contributed by atoms with Gasteiger partial charge in [0.2, 0.25) is 0 Å². The Morgan fingerprint density at radius 2 is 2.04 bits per heavy atom. The lowest BCUT2D eigenvalue weighted by Gasteiger charge is -2.13. The number of hydrogen-bond donors (Lipinski definition) is 2. The zero-order valence-corrected chi connectivity index (χ0v) is 16.9. The SMILES string of the molecule is COc1cccc(/C=N\Nc2nc(=O)[nH]nc2C)c1OCc1ccc(Br)cc1. The fourth-order valence-electron chi connectivity index (χ4n) is 2.35. The Hall–Kier alpha value is -3.20. The maximum Gasteiger partial charge on any atom is 0.363 e. The van der Waals surface area contributed by atoms with Crippen molar-refractivity contribution in [3.05, 3.63) is 74.2 Å². The van der Waals surface area contributed by atoms with Crippen LogP contribution in [-0.2, 0) is 6.61 Å². The molecule has 3 rings (SSSR count). The molecule has 0 saturated carbocycles. The van der Waals surface area contributed by atoms with Crippen LogP contribution in [0.3, 0.4) is 0 Å². The quantitative estimate of drug-likeness (QED) is 0.429. The minimum atomic E-state index is -0.553. The van der Waals surface area contributed by atoms with Crippen molar-refractivity contribution in [3.8, 4) is 11.5 Å². The van der Waals surface area contributed by atoms with E-state index in [4.69, 9.17) is 9.47 Å². The van der Waals surface area contributed by atoms with E-state index in [1.165, 1.54) is 0 Å². The highest BCUT2D eigenvalue weighted by molar-refractivity contribution is 9.10. The molecule has 2 N–H and O–H groups in total. The van der Waals surface area contributed by atoms with Gasteiger partial charge in [-0.15, -0.1) is 0 Å². The van der Waals surface area contributed by atoms with Gasteiger partial charge in [-0.1, -0.05) is 34.1 Å². The number of nitrogens with zero attached hydrogens (tertiary/aromatic N) is 3. The van der Waals surface area contributed by atoms with E-state index in [-0.39, 0.29) is 5.82 Å². The van der Waals surface area contributed by atoms with Gasteiger partial charge in [0.15, 0.2) is 17.3 Å². The minimum Gasteiger partial charge on any atom is -0.493 e. The third-order valence-corrected chi connectivity index (χ3v) is 4.30. The van der Waals surface area contributed by atoms with E-state index in [2.05, 4.69) is 41.6 Å². The average Bonchev–Trinajstić information content (AvgIpc) is 2.70. The highest BCUT2D eigenvalue weighted by Gasteiger charge is 2.10. The molecule has 0 radical (unpaired) electrons. The van der Waals surface area contributed by atoms with E-state index in [9.17, 15) is 4.79 Å². The molecule has 3 aromatic rings. The van der Waals surface area contributed by atoms with Crippen LogP contribution in [0.5, 0.6) is 11.5 Å². The highest BCUT2D eigenvalue weighted by atomic mass is 79.9. The van der Waals surface area contributed by atoms with Crippen LogP contribution in [0.25, 0.3) is 0 Å². The fourth-order valence-corrected chi connectivity index (χ4v) is 2.61.